The maximum absolute atomic E-state index is 5.62. The molecule has 1 aliphatic rings. The van der Waals surface area contributed by atoms with E-state index >= 15 is 0 Å². The van der Waals surface area contributed by atoms with E-state index in [1.54, 1.807) is 7.11 Å². The van der Waals surface area contributed by atoms with E-state index in [9.17, 15) is 0 Å². The Labute approximate surface area is 95.5 Å². The van der Waals surface area contributed by atoms with Gasteiger partial charge in [0.2, 0.25) is 0 Å². The van der Waals surface area contributed by atoms with Crippen molar-refractivity contribution < 1.29 is 14.3 Å². The van der Waals surface area contributed by atoms with E-state index in [-0.39, 0.29) is 0 Å². The first-order chi connectivity index (χ1) is 7.74. The van der Waals surface area contributed by atoms with Gasteiger partial charge in [-0.15, -0.1) is 0 Å². The van der Waals surface area contributed by atoms with Crippen molar-refractivity contribution in [2.45, 2.75) is 20.4 Å². The third-order valence-electron chi connectivity index (χ3n) is 2.91. The molecule has 0 saturated carbocycles. The fraction of sp³-hybridized carbons (Fsp3) is 0.500. The van der Waals surface area contributed by atoms with Crippen LogP contribution in [-0.2, 0) is 11.4 Å². The third-order valence-corrected chi connectivity index (χ3v) is 2.91. The number of ether oxygens (including phenoxy) is 2. The number of benzene rings is 1. The van der Waals surface area contributed by atoms with Crippen molar-refractivity contribution in [1.82, 2.24) is 5.48 Å². The van der Waals surface area contributed by atoms with Crippen molar-refractivity contribution in [3.05, 3.63) is 22.8 Å². The number of hydrogen-bond acceptors (Lipinski definition) is 4. The summed E-state index contributed by atoms with van der Waals surface area (Å²) in [7, 11) is 1.61. The fourth-order valence-corrected chi connectivity index (χ4v) is 1.84. The molecule has 0 saturated heterocycles. The van der Waals surface area contributed by atoms with Crippen LogP contribution in [0.2, 0.25) is 0 Å². The highest BCUT2D eigenvalue weighted by atomic mass is 16.6. The predicted molar refractivity (Wildman–Crippen MR) is 60.8 cm³/mol. The van der Waals surface area contributed by atoms with Crippen LogP contribution < -0.4 is 15.0 Å². The van der Waals surface area contributed by atoms with Crippen molar-refractivity contribution in [2.75, 3.05) is 20.3 Å². The minimum absolute atomic E-state index is 0.618. The first kappa shape index (κ1) is 11.2. The van der Waals surface area contributed by atoms with Gasteiger partial charge in [0, 0.05) is 6.54 Å². The monoisotopic (exact) mass is 223 g/mol. The van der Waals surface area contributed by atoms with Gasteiger partial charge in [0.1, 0.15) is 13.2 Å². The number of fused-ring (bicyclic) bond motifs is 1. The molecular formula is C12H17NO3. The molecule has 0 atom stereocenters. The van der Waals surface area contributed by atoms with E-state index in [2.05, 4.69) is 19.3 Å². The summed E-state index contributed by atoms with van der Waals surface area (Å²) in [5.74, 6) is 1.71. The van der Waals surface area contributed by atoms with Gasteiger partial charge >= 0.3 is 0 Å². The second-order valence-electron chi connectivity index (χ2n) is 3.84. The Morgan fingerprint density at radius 1 is 1.25 bits per heavy atom. The van der Waals surface area contributed by atoms with Crippen LogP contribution in [0.3, 0.4) is 0 Å². The second kappa shape index (κ2) is 4.72. The molecule has 0 amide bonds. The molecule has 4 nitrogen and oxygen atoms in total. The van der Waals surface area contributed by atoms with Crippen LogP contribution >= 0.6 is 0 Å². The van der Waals surface area contributed by atoms with Gasteiger partial charge in [-0.1, -0.05) is 0 Å². The Morgan fingerprint density at radius 3 is 2.75 bits per heavy atom. The summed E-state index contributed by atoms with van der Waals surface area (Å²) in [5.41, 5.74) is 6.37. The number of hydrogen-bond donors (Lipinski definition) is 1. The van der Waals surface area contributed by atoms with Gasteiger partial charge in [0.25, 0.3) is 0 Å². The zero-order valence-corrected chi connectivity index (χ0v) is 9.92. The molecule has 0 bridgehead atoms. The van der Waals surface area contributed by atoms with Crippen molar-refractivity contribution in [2.24, 2.45) is 0 Å². The molecule has 1 aromatic rings. The Kier molecular flexibility index (Phi) is 3.31. The van der Waals surface area contributed by atoms with E-state index in [4.69, 9.17) is 14.3 Å². The molecule has 0 radical (unpaired) electrons. The summed E-state index contributed by atoms with van der Waals surface area (Å²) in [4.78, 5) is 4.86. The van der Waals surface area contributed by atoms with E-state index in [1.807, 2.05) is 6.07 Å². The molecule has 4 heteroatoms. The highest BCUT2D eigenvalue weighted by Gasteiger charge is 2.18. The lowest BCUT2D eigenvalue weighted by Crippen LogP contribution is -2.18. The van der Waals surface area contributed by atoms with Crippen molar-refractivity contribution >= 4 is 0 Å². The maximum Gasteiger partial charge on any atom is 0.164 e. The summed E-state index contributed by atoms with van der Waals surface area (Å²) in [6.07, 6.45) is 0. The normalized spacial score (nSPS) is 13.9. The van der Waals surface area contributed by atoms with Crippen LogP contribution in [0.25, 0.3) is 0 Å². The van der Waals surface area contributed by atoms with Crippen molar-refractivity contribution in [3.63, 3.8) is 0 Å². The molecule has 1 aliphatic heterocycles. The SMILES string of the molecule is CONCc1cc2c(c(C)c1C)OCCO2. The van der Waals surface area contributed by atoms with Gasteiger partial charge in [-0.2, -0.15) is 5.48 Å². The van der Waals surface area contributed by atoms with Crippen LogP contribution in [0.15, 0.2) is 6.07 Å². The molecule has 0 aromatic heterocycles. The van der Waals surface area contributed by atoms with Gasteiger partial charge in [0.15, 0.2) is 11.5 Å². The summed E-state index contributed by atoms with van der Waals surface area (Å²) in [6.45, 7) is 6.05. The summed E-state index contributed by atoms with van der Waals surface area (Å²) < 4.78 is 11.2. The highest BCUT2D eigenvalue weighted by Crippen LogP contribution is 2.37. The first-order valence-corrected chi connectivity index (χ1v) is 5.38. The fourth-order valence-electron chi connectivity index (χ4n) is 1.84. The molecule has 16 heavy (non-hydrogen) atoms. The Balaban J connectivity index is 2.36. The smallest absolute Gasteiger partial charge is 0.164 e. The van der Waals surface area contributed by atoms with Crippen LogP contribution in [-0.4, -0.2) is 20.3 Å². The zero-order valence-electron chi connectivity index (χ0n) is 9.92. The lowest BCUT2D eigenvalue weighted by Gasteiger charge is -2.23. The molecule has 0 spiro atoms. The summed E-state index contributed by atoms with van der Waals surface area (Å²) in [5, 5.41) is 0. The van der Waals surface area contributed by atoms with E-state index in [1.165, 1.54) is 11.1 Å². The molecule has 2 rings (SSSR count). The van der Waals surface area contributed by atoms with E-state index < -0.39 is 0 Å². The molecule has 0 unspecified atom stereocenters. The maximum atomic E-state index is 5.62. The average molecular weight is 223 g/mol. The summed E-state index contributed by atoms with van der Waals surface area (Å²) in [6, 6.07) is 2.02. The highest BCUT2D eigenvalue weighted by molar-refractivity contribution is 5.54. The van der Waals surface area contributed by atoms with Gasteiger partial charge in [-0.3, -0.25) is 0 Å². The molecule has 88 valence electrons. The molecule has 1 aromatic carbocycles. The summed E-state index contributed by atoms with van der Waals surface area (Å²) >= 11 is 0. The predicted octanol–water partition coefficient (Wildman–Crippen LogP) is 1.73. The first-order valence-electron chi connectivity index (χ1n) is 5.38. The largest absolute Gasteiger partial charge is 0.486 e. The lowest BCUT2D eigenvalue weighted by atomic mass is 10.0. The van der Waals surface area contributed by atoms with Crippen molar-refractivity contribution in [3.8, 4) is 11.5 Å². The third kappa shape index (κ3) is 1.99. The Bertz CT molecular complexity index is 390. The molecule has 0 fully saturated rings. The Hall–Kier alpha value is -1.26. The van der Waals surface area contributed by atoms with Gasteiger partial charge in [-0.05, 0) is 36.6 Å². The van der Waals surface area contributed by atoms with Crippen molar-refractivity contribution in [1.29, 1.82) is 0 Å². The molecular weight excluding hydrogens is 206 g/mol. The van der Waals surface area contributed by atoms with Gasteiger partial charge in [-0.25, -0.2) is 0 Å². The van der Waals surface area contributed by atoms with Crippen LogP contribution in [0.1, 0.15) is 16.7 Å². The standard InChI is InChI=1S/C12H17NO3/c1-8-9(2)12-11(15-4-5-16-12)6-10(8)7-13-14-3/h6,13H,4-5,7H2,1-3H3. The second-order valence-corrected chi connectivity index (χ2v) is 3.84. The topological polar surface area (TPSA) is 39.7 Å². The molecule has 0 aliphatic carbocycles. The van der Waals surface area contributed by atoms with Gasteiger partial charge < -0.3 is 14.3 Å². The Morgan fingerprint density at radius 2 is 2.00 bits per heavy atom. The molecule has 1 heterocycles. The van der Waals surface area contributed by atoms with Crippen LogP contribution in [0, 0.1) is 13.8 Å². The van der Waals surface area contributed by atoms with E-state index in [0.29, 0.717) is 19.8 Å². The van der Waals surface area contributed by atoms with E-state index in [0.717, 1.165) is 17.1 Å². The van der Waals surface area contributed by atoms with Crippen LogP contribution in [0.4, 0.5) is 0 Å². The minimum atomic E-state index is 0.618. The number of rotatable bonds is 3. The number of nitrogens with one attached hydrogen (secondary N) is 1. The van der Waals surface area contributed by atoms with Gasteiger partial charge in [0.05, 0.1) is 7.11 Å². The number of hydroxylamine groups is 1. The van der Waals surface area contributed by atoms with Crippen LogP contribution in [0.5, 0.6) is 11.5 Å². The zero-order chi connectivity index (χ0) is 11.5. The molecule has 1 N–H and O–H groups in total. The minimum Gasteiger partial charge on any atom is -0.486 e. The quantitative estimate of drug-likeness (QED) is 0.792. The lowest BCUT2D eigenvalue weighted by molar-refractivity contribution is 0.0863. The average Bonchev–Trinajstić information content (AvgIpc) is 2.32.